The van der Waals surface area contributed by atoms with Crippen LogP contribution in [0.5, 0.6) is 0 Å². The molecule has 0 radical (unpaired) electrons. The molecule has 3 heterocycles. The fraction of sp³-hybridized carbons (Fsp3) is 0. The smallest absolute Gasteiger partial charge is 0.164 e. The van der Waals surface area contributed by atoms with Crippen LogP contribution in [-0.2, 0) is 0 Å². The molecule has 0 aliphatic rings. The summed E-state index contributed by atoms with van der Waals surface area (Å²) in [5.74, 6) is 2.36. The van der Waals surface area contributed by atoms with Gasteiger partial charge in [-0.15, -0.1) is 0 Å². The van der Waals surface area contributed by atoms with E-state index in [4.69, 9.17) is 29.3 Å². The predicted molar refractivity (Wildman–Crippen MR) is 221 cm³/mol. The van der Waals surface area contributed by atoms with Crippen LogP contribution in [0.15, 0.2) is 192 Å². The molecular formula is C49H31N5O. The van der Waals surface area contributed by atoms with Crippen molar-refractivity contribution in [3.05, 3.63) is 188 Å². The molecule has 0 spiro atoms. The molecule has 7 aromatic carbocycles. The molecule has 0 bridgehead atoms. The van der Waals surface area contributed by atoms with Crippen molar-refractivity contribution in [2.45, 2.75) is 0 Å². The van der Waals surface area contributed by atoms with E-state index < -0.39 is 0 Å². The second kappa shape index (κ2) is 13.8. The van der Waals surface area contributed by atoms with Gasteiger partial charge in [0.05, 0.1) is 11.4 Å². The molecule has 0 amide bonds. The number of fused-ring (bicyclic) bond motifs is 3. The quantitative estimate of drug-likeness (QED) is 0.164. The van der Waals surface area contributed by atoms with Crippen molar-refractivity contribution in [2.75, 3.05) is 0 Å². The summed E-state index contributed by atoms with van der Waals surface area (Å²) < 4.78 is 6.35. The fourth-order valence-corrected chi connectivity index (χ4v) is 7.07. The van der Waals surface area contributed by atoms with E-state index in [1.807, 2.05) is 121 Å². The van der Waals surface area contributed by atoms with Gasteiger partial charge in [-0.05, 0) is 17.7 Å². The lowest BCUT2D eigenvalue weighted by Crippen LogP contribution is -2.02. The van der Waals surface area contributed by atoms with Crippen LogP contribution in [0, 0.1) is 0 Å². The maximum atomic E-state index is 6.35. The number of hydrogen-bond donors (Lipinski definition) is 0. The molecule has 55 heavy (non-hydrogen) atoms. The molecule has 0 fully saturated rings. The average Bonchev–Trinajstić information content (AvgIpc) is 3.66. The zero-order valence-electron chi connectivity index (χ0n) is 29.5. The van der Waals surface area contributed by atoms with E-state index in [0.29, 0.717) is 23.3 Å². The summed E-state index contributed by atoms with van der Waals surface area (Å²) in [5.41, 5.74) is 10.9. The summed E-state index contributed by atoms with van der Waals surface area (Å²) in [4.78, 5) is 25.4. The Kier molecular flexibility index (Phi) is 8.04. The molecule has 0 aliphatic carbocycles. The minimum atomic E-state index is 0.553. The molecule has 258 valence electrons. The first kappa shape index (κ1) is 32.1. The van der Waals surface area contributed by atoms with Gasteiger partial charge in [0.25, 0.3) is 0 Å². The lowest BCUT2D eigenvalue weighted by molar-refractivity contribution is 0.670. The van der Waals surface area contributed by atoms with Gasteiger partial charge >= 0.3 is 0 Å². The normalized spacial score (nSPS) is 11.3. The van der Waals surface area contributed by atoms with Gasteiger partial charge in [-0.3, -0.25) is 0 Å². The summed E-state index contributed by atoms with van der Waals surface area (Å²) in [6.07, 6.45) is 0. The molecule has 6 nitrogen and oxygen atoms in total. The van der Waals surface area contributed by atoms with E-state index in [0.717, 1.165) is 77.8 Å². The van der Waals surface area contributed by atoms with Crippen LogP contribution >= 0.6 is 0 Å². The summed E-state index contributed by atoms with van der Waals surface area (Å²) in [6, 6.07) is 63.3. The zero-order valence-corrected chi connectivity index (χ0v) is 29.5. The highest BCUT2D eigenvalue weighted by molar-refractivity contribution is 6.09. The number of aromatic nitrogens is 5. The number of furan rings is 1. The highest BCUT2D eigenvalue weighted by Crippen LogP contribution is 2.37. The van der Waals surface area contributed by atoms with Crippen LogP contribution in [0.25, 0.3) is 101 Å². The Hall–Kier alpha value is -7.57. The second-order valence-corrected chi connectivity index (χ2v) is 13.3. The van der Waals surface area contributed by atoms with Crippen LogP contribution in [0.3, 0.4) is 0 Å². The van der Waals surface area contributed by atoms with Gasteiger partial charge in [0.1, 0.15) is 11.2 Å². The topological polar surface area (TPSA) is 77.6 Å². The van der Waals surface area contributed by atoms with Crippen molar-refractivity contribution >= 4 is 21.9 Å². The SMILES string of the molecule is c1ccc(-c2cc(-c3ccccc3-c3nc(-c4ccccc4)nc(-c4ccc(-c5cccc6c5oc5ccccc56)cc4)n3)nc(-c3ccccc3)n2)cc1. The Morgan fingerprint density at radius 1 is 0.291 bits per heavy atom. The largest absolute Gasteiger partial charge is 0.455 e. The van der Waals surface area contributed by atoms with Gasteiger partial charge in [0.15, 0.2) is 23.3 Å². The van der Waals surface area contributed by atoms with Gasteiger partial charge in [0, 0.05) is 49.7 Å². The molecule has 0 saturated carbocycles. The van der Waals surface area contributed by atoms with E-state index in [1.54, 1.807) is 0 Å². The molecular weight excluding hydrogens is 675 g/mol. The fourth-order valence-electron chi connectivity index (χ4n) is 7.07. The molecule has 3 aromatic heterocycles. The first-order valence-electron chi connectivity index (χ1n) is 18.2. The van der Waals surface area contributed by atoms with Crippen LogP contribution in [0.2, 0.25) is 0 Å². The van der Waals surface area contributed by atoms with E-state index in [1.165, 1.54) is 0 Å². The number of para-hydroxylation sites is 2. The molecule has 0 atom stereocenters. The third-order valence-electron chi connectivity index (χ3n) is 9.80. The number of nitrogens with zero attached hydrogens (tertiary/aromatic N) is 5. The summed E-state index contributed by atoms with van der Waals surface area (Å²) >= 11 is 0. The average molecular weight is 706 g/mol. The van der Waals surface area contributed by atoms with Gasteiger partial charge < -0.3 is 4.42 Å². The van der Waals surface area contributed by atoms with Crippen molar-refractivity contribution in [1.82, 2.24) is 24.9 Å². The predicted octanol–water partition coefficient (Wildman–Crippen LogP) is 12.2. The Balaban J connectivity index is 1.11. The summed E-state index contributed by atoms with van der Waals surface area (Å²) in [6.45, 7) is 0. The van der Waals surface area contributed by atoms with Crippen molar-refractivity contribution in [2.24, 2.45) is 0 Å². The monoisotopic (exact) mass is 705 g/mol. The van der Waals surface area contributed by atoms with Gasteiger partial charge in [-0.2, -0.15) is 0 Å². The van der Waals surface area contributed by atoms with Crippen LogP contribution < -0.4 is 0 Å². The van der Waals surface area contributed by atoms with Crippen molar-refractivity contribution in [3.8, 4) is 79.2 Å². The van der Waals surface area contributed by atoms with E-state index in [9.17, 15) is 0 Å². The molecule has 0 saturated heterocycles. The third-order valence-corrected chi connectivity index (χ3v) is 9.80. The van der Waals surface area contributed by atoms with E-state index >= 15 is 0 Å². The molecule has 0 unspecified atom stereocenters. The maximum Gasteiger partial charge on any atom is 0.164 e. The first-order chi connectivity index (χ1) is 27.2. The minimum Gasteiger partial charge on any atom is -0.455 e. The first-order valence-corrected chi connectivity index (χ1v) is 18.2. The van der Waals surface area contributed by atoms with Gasteiger partial charge in [0.2, 0.25) is 0 Å². The number of hydrogen-bond acceptors (Lipinski definition) is 6. The maximum absolute atomic E-state index is 6.35. The lowest BCUT2D eigenvalue weighted by Gasteiger charge is -2.13. The van der Waals surface area contributed by atoms with Crippen molar-refractivity contribution < 1.29 is 4.42 Å². The van der Waals surface area contributed by atoms with Gasteiger partial charge in [-0.25, -0.2) is 24.9 Å². The molecule has 6 heteroatoms. The molecule has 10 aromatic rings. The van der Waals surface area contributed by atoms with Crippen LogP contribution in [-0.4, -0.2) is 24.9 Å². The lowest BCUT2D eigenvalue weighted by atomic mass is 10.0. The Bertz CT molecular complexity index is 2900. The van der Waals surface area contributed by atoms with Crippen molar-refractivity contribution in [1.29, 1.82) is 0 Å². The summed E-state index contributed by atoms with van der Waals surface area (Å²) in [7, 11) is 0. The Labute approximate surface area is 317 Å². The minimum absolute atomic E-state index is 0.553. The van der Waals surface area contributed by atoms with Gasteiger partial charge in [-0.1, -0.05) is 176 Å². The van der Waals surface area contributed by atoms with Crippen LogP contribution in [0.4, 0.5) is 0 Å². The highest BCUT2D eigenvalue weighted by Gasteiger charge is 2.19. The standard InChI is InChI=1S/C49H31N5O/c1-4-15-33(16-5-1)42-31-43(51-46(50-42)34-17-6-2-7-18-34)38-21-10-11-23-41(38)49-53-47(35-19-8-3-9-20-35)52-48(54-49)36-29-27-32(28-30-36)37-24-14-25-40-39-22-12-13-26-44(39)55-45(37)40/h1-31H. The molecule has 10 rings (SSSR count). The molecule has 0 N–H and O–H groups in total. The van der Waals surface area contributed by atoms with Crippen molar-refractivity contribution in [3.63, 3.8) is 0 Å². The van der Waals surface area contributed by atoms with E-state index in [2.05, 4.69) is 66.7 Å². The third kappa shape index (κ3) is 6.11. The number of rotatable bonds is 7. The second-order valence-electron chi connectivity index (χ2n) is 13.3. The van der Waals surface area contributed by atoms with Crippen LogP contribution in [0.1, 0.15) is 0 Å². The Morgan fingerprint density at radius 3 is 1.45 bits per heavy atom. The molecule has 0 aliphatic heterocycles. The zero-order chi connectivity index (χ0) is 36.6. The highest BCUT2D eigenvalue weighted by atomic mass is 16.3. The Morgan fingerprint density at radius 2 is 0.764 bits per heavy atom. The number of benzene rings is 7. The summed E-state index contributed by atoms with van der Waals surface area (Å²) in [5, 5.41) is 2.21. The van der Waals surface area contributed by atoms with E-state index in [-0.39, 0.29) is 0 Å².